The smallest absolute Gasteiger partial charge is 0.137 e. The molecule has 4 heteroatoms. The van der Waals surface area contributed by atoms with Crippen LogP contribution in [0.4, 0.5) is 5.69 Å². The van der Waals surface area contributed by atoms with Crippen LogP contribution in [-0.2, 0) is 0 Å². The zero-order chi connectivity index (χ0) is 17.8. The number of hydrogen-bond donors (Lipinski definition) is 0. The third-order valence-electron chi connectivity index (χ3n) is 3.95. The van der Waals surface area contributed by atoms with Gasteiger partial charge in [0.1, 0.15) is 5.82 Å². The van der Waals surface area contributed by atoms with Crippen LogP contribution in [0, 0.1) is 0 Å². The summed E-state index contributed by atoms with van der Waals surface area (Å²) in [5.74, 6) is 0.907. The van der Waals surface area contributed by atoms with Crippen molar-refractivity contribution in [2.24, 2.45) is 0 Å². The van der Waals surface area contributed by atoms with Crippen LogP contribution in [0.15, 0.2) is 61.2 Å². The fraction of sp³-hybridized carbons (Fsp3) is 0.238. The molecule has 0 fully saturated rings. The fourth-order valence-electron chi connectivity index (χ4n) is 2.84. The Bertz CT molecular complexity index is 985. The average Bonchev–Trinajstić information content (AvgIpc) is 3.05. The van der Waals surface area contributed by atoms with Gasteiger partial charge in [0.25, 0.3) is 0 Å². The summed E-state index contributed by atoms with van der Waals surface area (Å²) in [6.45, 7) is 4.25. The van der Waals surface area contributed by atoms with E-state index in [9.17, 15) is 0 Å². The van der Waals surface area contributed by atoms with Crippen molar-refractivity contribution >= 4 is 27.4 Å². The van der Waals surface area contributed by atoms with Gasteiger partial charge in [0.05, 0.1) is 11.7 Å². The van der Waals surface area contributed by atoms with Crippen molar-refractivity contribution in [1.82, 2.24) is 14.5 Å². The van der Waals surface area contributed by atoms with E-state index in [0.29, 0.717) is 0 Å². The lowest BCUT2D eigenvalue weighted by atomic mass is 10.1. The second-order valence-electron chi connectivity index (χ2n) is 6.26. The Labute approximate surface area is 148 Å². The summed E-state index contributed by atoms with van der Waals surface area (Å²) >= 11 is 0. The van der Waals surface area contributed by atoms with E-state index in [1.165, 1.54) is 17.5 Å². The Kier molecular flexibility index (Phi) is 4.98. The first-order valence-corrected chi connectivity index (χ1v) is 8.63. The molecule has 128 valence electrons. The Morgan fingerprint density at radius 1 is 1.00 bits per heavy atom. The van der Waals surface area contributed by atoms with Crippen molar-refractivity contribution in [2.45, 2.75) is 20.3 Å². The van der Waals surface area contributed by atoms with Crippen LogP contribution >= 0.6 is 0 Å². The Hall–Kier alpha value is -2.88. The van der Waals surface area contributed by atoms with Gasteiger partial charge in [-0.1, -0.05) is 32.4 Å². The largest absolute Gasteiger partial charge is 0.377 e. The second-order valence-corrected chi connectivity index (χ2v) is 6.26. The summed E-state index contributed by atoms with van der Waals surface area (Å²) in [5, 5.41) is 3.51. The van der Waals surface area contributed by atoms with Crippen molar-refractivity contribution in [2.75, 3.05) is 19.0 Å². The molecular weight excluding hydrogens is 308 g/mol. The first-order chi connectivity index (χ1) is 12.2. The van der Waals surface area contributed by atoms with Gasteiger partial charge in [-0.15, -0.1) is 0 Å². The summed E-state index contributed by atoms with van der Waals surface area (Å²) in [4.78, 5) is 11.0. The van der Waals surface area contributed by atoms with Crippen molar-refractivity contribution < 1.29 is 0 Å². The molecule has 0 unspecified atom stereocenters. The molecule has 0 radical (unpaired) electrons. The lowest BCUT2D eigenvalue weighted by molar-refractivity contribution is 1.05. The molecule has 3 aromatic heterocycles. The number of nitrogens with zero attached hydrogens (tertiary/aromatic N) is 4. The van der Waals surface area contributed by atoms with Crippen molar-refractivity contribution in [3.63, 3.8) is 0 Å². The fourth-order valence-corrected chi connectivity index (χ4v) is 2.84. The molecule has 1 aromatic carbocycles. The topological polar surface area (TPSA) is 34.0 Å². The number of aromatic nitrogens is 3. The van der Waals surface area contributed by atoms with Crippen LogP contribution in [0.25, 0.3) is 27.5 Å². The van der Waals surface area contributed by atoms with Gasteiger partial charge in [-0.2, -0.15) is 0 Å². The predicted molar refractivity (Wildman–Crippen MR) is 107 cm³/mol. The number of hydrogen-bond acceptors (Lipinski definition) is 3. The first kappa shape index (κ1) is 17.0. The maximum atomic E-state index is 4.62. The van der Waals surface area contributed by atoms with Gasteiger partial charge in [-0.25, -0.2) is 4.98 Å². The first-order valence-electron chi connectivity index (χ1n) is 8.63. The number of pyridine rings is 2. The highest BCUT2D eigenvalue weighted by atomic mass is 15.1. The maximum absolute atomic E-state index is 4.62. The van der Waals surface area contributed by atoms with Crippen molar-refractivity contribution in [3.8, 4) is 5.82 Å². The molecule has 4 rings (SSSR count). The normalized spacial score (nSPS) is 10.6. The summed E-state index contributed by atoms with van der Waals surface area (Å²) in [7, 11) is 4.12. The van der Waals surface area contributed by atoms with Crippen molar-refractivity contribution in [1.29, 1.82) is 0 Å². The third kappa shape index (κ3) is 3.33. The molecule has 0 spiro atoms. The predicted octanol–water partition coefficient (Wildman–Crippen LogP) is 5.06. The second kappa shape index (κ2) is 7.34. The van der Waals surface area contributed by atoms with E-state index >= 15 is 0 Å². The highest BCUT2D eigenvalue weighted by Gasteiger charge is 2.08. The van der Waals surface area contributed by atoms with Gasteiger partial charge in [-0.3, -0.25) is 9.55 Å². The van der Waals surface area contributed by atoms with Crippen LogP contribution in [0.5, 0.6) is 0 Å². The van der Waals surface area contributed by atoms with Gasteiger partial charge in [0.15, 0.2) is 0 Å². The third-order valence-corrected chi connectivity index (χ3v) is 3.95. The van der Waals surface area contributed by atoms with Crippen LogP contribution in [-0.4, -0.2) is 28.6 Å². The standard InChI is InChI=1S/C18H16N4.C3H8/c1-21(2)16-5-3-4-14-11-20-18(10-15(14)16)22-9-7-13-6-8-19-12-17(13)22;1-3-2/h3-12H,1-2H3;3H2,1-2H3. The minimum atomic E-state index is 0.907. The minimum Gasteiger partial charge on any atom is -0.377 e. The highest BCUT2D eigenvalue weighted by Crippen LogP contribution is 2.27. The van der Waals surface area contributed by atoms with Crippen LogP contribution in [0.2, 0.25) is 0 Å². The molecular formula is C21H24N4. The maximum Gasteiger partial charge on any atom is 0.137 e. The highest BCUT2D eigenvalue weighted by molar-refractivity contribution is 5.95. The summed E-state index contributed by atoms with van der Waals surface area (Å²) in [6.07, 6.45) is 8.91. The molecule has 4 aromatic rings. The molecule has 0 aliphatic carbocycles. The van der Waals surface area contributed by atoms with Crippen LogP contribution < -0.4 is 4.90 Å². The van der Waals surface area contributed by atoms with E-state index in [0.717, 1.165) is 22.1 Å². The van der Waals surface area contributed by atoms with Crippen molar-refractivity contribution in [3.05, 3.63) is 61.2 Å². The zero-order valence-electron chi connectivity index (χ0n) is 15.3. The number of anilines is 1. The summed E-state index contributed by atoms with van der Waals surface area (Å²) < 4.78 is 2.08. The molecule has 3 heterocycles. The molecule has 0 aliphatic rings. The van der Waals surface area contributed by atoms with Gasteiger partial charge in [-0.05, 0) is 24.3 Å². The quantitative estimate of drug-likeness (QED) is 0.515. The van der Waals surface area contributed by atoms with Crippen LogP contribution in [0.3, 0.4) is 0 Å². The number of benzene rings is 1. The van der Waals surface area contributed by atoms with Gasteiger partial charge in [0, 0.05) is 54.5 Å². The average molecular weight is 332 g/mol. The molecule has 0 saturated heterocycles. The molecule has 25 heavy (non-hydrogen) atoms. The molecule has 4 nitrogen and oxygen atoms in total. The Morgan fingerprint density at radius 2 is 1.80 bits per heavy atom. The number of rotatable bonds is 2. The van der Waals surface area contributed by atoms with E-state index in [1.54, 1.807) is 0 Å². The number of fused-ring (bicyclic) bond motifs is 2. The molecule has 0 atom stereocenters. The lowest BCUT2D eigenvalue weighted by Crippen LogP contribution is -2.09. The van der Waals surface area contributed by atoms with Gasteiger partial charge >= 0.3 is 0 Å². The molecule has 0 saturated carbocycles. The van der Waals surface area contributed by atoms with Gasteiger partial charge < -0.3 is 4.90 Å². The molecule has 0 bridgehead atoms. The zero-order valence-corrected chi connectivity index (χ0v) is 15.3. The van der Waals surface area contributed by atoms with Gasteiger partial charge in [0.2, 0.25) is 0 Å². The summed E-state index contributed by atoms with van der Waals surface area (Å²) in [6, 6.07) is 12.5. The minimum absolute atomic E-state index is 0.907. The van der Waals surface area contributed by atoms with E-state index in [1.807, 2.05) is 30.9 Å². The monoisotopic (exact) mass is 332 g/mol. The van der Waals surface area contributed by atoms with Crippen LogP contribution in [0.1, 0.15) is 20.3 Å². The van der Waals surface area contributed by atoms with E-state index < -0.39 is 0 Å². The molecule has 0 aliphatic heterocycles. The Balaban J connectivity index is 0.000000569. The van der Waals surface area contributed by atoms with E-state index in [2.05, 4.69) is 77.7 Å². The molecule has 0 N–H and O–H groups in total. The molecule has 0 amide bonds. The van der Waals surface area contributed by atoms with E-state index in [4.69, 9.17) is 0 Å². The van der Waals surface area contributed by atoms with E-state index in [-0.39, 0.29) is 0 Å². The lowest BCUT2D eigenvalue weighted by Gasteiger charge is -2.16. The Morgan fingerprint density at radius 3 is 2.56 bits per heavy atom. The SMILES string of the molecule is CCC.CN(C)c1cccc2cnc(-n3ccc4ccncc43)cc12. The summed E-state index contributed by atoms with van der Waals surface area (Å²) in [5.41, 5.74) is 2.26.